The third-order valence-corrected chi connectivity index (χ3v) is 7.66. The first kappa shape index (κ1) is 21.5. The Hall–Kier alpha value is -2.99. The lowest BCUT2D eigenvalue weighted by Gasteiger charge is -2.18. The first-order valence-corrected chi connectivity index (χ1v) is 12.7. The van der Waals surface area contributed by atoms with Gasteiger partial charge < -0.3 is 9.47 Å². The third-order valence-electron chi connectivity index (χ3n) is 7.02. The number of para-hydroxylation sites is 1. The van der Waals surface area contributed by atoms with Crippen molar-refractivity contribution in [2.45, 2.75) is 25.8 Å². The van der Waals surface area contributed by atoms with Crippen LogP contribution < -0.4 is 0 Å². The first-order valence-electron chi connectivity index (χ1n) is 11.9. The van der Waals surface area contributed by atoms with Gasteiger partial charge in [-0.25, -0.2) is 9.37 Å². The van der Waals surface area contributed by atoms with Gasteiger partial charge in [-0.2, -0.15) is 0 Å². The molecule has 1 saturated carbocycles. The van der Waals surface area contributed by atoms with Crippen LogP contribution in [0.1, 0.15) is 19.3 Å². The molecule has 0 bridgehead atoms. The van der Waals surface area contributed by atoms with Crippen LogP contribution in [0.2, 0.25) is 0 Å². The van der Waals surface area contributed by atoms with E-state index in [1.165, 1.54) is 12.1 Å². The second-order valence-electron chi connectivity index (χ2n) is 9.45. The predicted molar refractivity (Wildman–Crippen MR) is 136 cm³/mol. The number of aromatic nitrogens is 2. The number of hydrogen-bond acceptors (Lipinski definition) is 2. The summed E-state index contributed by atoms with van der Waals surface area (Å²) < 4.78 is 16.6. The van der Waals surface area contributed by atoms with E-state index in [2.05, 4.69) is 55.7 Å². The van der Waals surface area contributed by atoms with Crippen molar-refractivity contribution < 1.29 is 9.18 Å². The zero-order valence-electron chi connectivity index (χ0n) is 18.8. The van der Waals surface area contributed by atoms with Crippen molar-refractivity contribution in [1.82, 2.24) is 14.5 Å². The van der Waals surface area contributed by atoms with Crippen molar-refractivity contribution in [3.63, 3.8) is 0 Å². The van der Waals surface area contributed by atoms with Gasteiger partial charge in [0.15, 0.2) is 0 Å². The average Bonchev–Trinajstić information content (AvgIpc) is 3.49. The van der Waals surface area contributed by atoms with E-state index < -0.39 is 0 Å². The fourth-order valence-electron chi connectivity index (χ4n) is 5.00. The number of carbonyl (C=O) groups is 1. The lowest BCUT2D eigenvalue weighted by molar-refractivity contribution is -0.131. The number of amides is 1. The molecule has 1 atom stereocenters. The Bertz CT molecular complexity index is 1360. The van der Waals surface area contributed by atoms with E-state index >= 15 is 0 Å². The number of halogens is 2. The fraction of sp³-hybridized carbons (Fsp3) is 0.286. The van der Waals surface area contributed by atoms with Crippen molar-refractivity contribution >= 4 is 32.9 Å². The Labute approximate surface area is 206 Å². The Morgan fingerprint density at radius 3 is 2.32 bits per heavy atom. The molecule has 0 spiro atoms. The number of hydrogen-bond donors (Lipinski definition) is 0. The predicted octanol–water partition coefficient (Wildman–Crippen LogP) is 6.53. The highest BCUT2D eigenvalue weighted by molar-refractivity contribution is 9.10. The largest absolute Gasteiger partial charge is 0.342 e. The van der Waals surface area contributed by atoms with Crippen LogP contribution in [0.5, 0.6) is 0 Å². The van der Waals surface area contributed by atoms with Crippen LogP contribution in [0.15, 0.2) is 71.2 Å². The molecule has 2 heterocycles. The number of carbonyl (C=O) groups excluding carboxylic acids is 1. The monoisotopic (exact) mass is 517 g/mol. The Kier molecular flexibility index (Phi) is 5.48. The summed E-state index contributed by atoms with van der Waals surface area (Å²) in [4.78, 5) is 19.6. The molecule has 172 valence electrons. The fourth-order valence-corrected chi connectivity index (χ4v) is 5.45. The van der Waals surface area contributed by atoms with E-state index in [4.69, 9.17) is 4.98 Å². The Balaban J connectivity index is 1.32. The molecule has 1 aliphatic carbocycles. The SMILES string of the molecule is O=C(C1CC1)N1CC[C@@H](Cn2c(-c3ccc(-c4ccc(F)cc4)cc3)nc3c(Br)cccc32)C1. The molecule has 0 N–H and O–H groups in total. The number of likely N-dealkylation sites (tertiary alicyclic amines) is 1. The van der Waals surface area contributed by atoms with Gasteiger partial charge in [0.25, 0.3) is 0 Å². The molecule has 3 aromatic carbocycles. The van der Waals surface area contributed by atoms with Gasteiger partial charge in [0.1, 0.15) is 17.2 Å². The molecule has 0 unspecified atom stereocenters. The lowest BCUT2D eigenvalue weighted by Crippen LogP contribution is -2.30. The molecule has 6 rings (SSSR count). The summed E-state index contributed by atoms with van der Waals surface area (Å²) in [6.07, 6.45) is 3.13. The highest BCUT2D eigenvalue weighted by atomic mass is 79.9. The molecule has 1 saturated heterocycles. The zero-order chi connectivity index (χ0) is 23.2. The molecule has 4 nitrogen and oxygen atoms in total. The number of rotatable bonds is 5. The third kappa shape index (κ3) is 4.05. The van der Waals surface area contributed by atoms with Gasteiger partial charge in [-0.15, -0.1) is 0 Å². The zero-order valence-corrected chi connectivity index (χ0v) is 20.3. The van der Waals surface area contributed by atoms with Gasteiger partial charge in [0, 0.05) is 35.6 Å². The molecular weight excluding hydrogens is 493 g/mol. The van der Waals surface area contributed by atoms with Crippen LogP contribution in [0.3, 0.4) is 0 Å². The van der Waals surface area contributed by atoms with E-state index in [9.17, 15) is 9.18 Å². The lowest BCUT2D eigenvalue weighted by atomic mass is 10.0. The molecule has 6 heteroatoms. The Morgan fingerprint density at radius 2 is 1.62 bits per heavy atom. The molecule has 1 amide bonds. The molecule has 0 radical (unpaired) electrons. The van der Waals surface area contributed by atoms with E-state index in [1.54, 1.807) is 12.1 Å². The van der Waals surface area contributed by atoms with Crippen LogP contribution in [0, 0.1) is 17.7 Å². The van der Waals surface area contributed by atoms with Crippen LogP contribution in [0.4, 0.5) is 4.39 Å². The minimum Gasteiger partial charge on any atom is -0.342 e. The average molecular weight is 518 g/mol. The van der Waals surface area contributed by atoms with Crippen molar-refractivity contribution in [3.8, 4) is 22.5 Å². The van der Waals surface area contributed by atoms with E-state index in [1.807, 2.05) is 12.1 Å². The van der Waals surface area contributed by atoms with Gasteiger partial charge in [0.05, 0.1) is 5.52 Å². The van der Waals surface area contributed by atoms with E-state index in [-0.39, 0.29) is 11.7 Å². The summed E-state index contributed by atoms with van der Waals surface area (Å²) in [5.74, 6) is 1.73. The van der Waals surface area contributed by atoms with Gasteiger partial charge in [-0.1, -0.05) is 42.5 Å². The summed E-state index contributed by atoms with van der Waals surface area (Å²) in [7, 11) is 0. The number of nitrogens with zero attached hydrogens (tertiary/aromatic N) is 3. The van der Waals surface area contributed by atoms with Crippen LogP contribution >= 0.6 is 15.9 Å². The normalized spacial score (nSPS) is 18.1. The summed E-state index contributed by atoms with van der Waals surface area (Å²) in [5, 5.41) is 0. The molecule has 1 aliphatic heterocycles. The molecule has 2 fully saturated rings. The van der Waals surface area contributed by atoms with Gasteiger partial charge in [-0.3, -0.25) is 4.79 Å². The summed E-state index contributed by atoms with van der Waals surface area (Å²) in [6, 6.07) is 21.0. The Morgan fingerprint density at radius 1 is 0.941 bits per heavy atom. The maximum atomic E-state index is 13.3. The molecular formula is C28H25BrFN3O. The highest BCUT2D eigenvalue weighted by Gasteiger charge is 2.36. The molecule has 1 aromatic heterocycles. The van der Waals surface area contributed by atoms with Crippen molar-refractivity contribution in [1.29, 1.82) is 0 Å². The minimum atomic E-state index is -0.232. The topological polar surface area (TPSA) is 38.1 Å². The maximum Gasteiger partial charge on any atom is 0.225 e. The maximum absolute atomic E-state index is 13.3. The molecule has 2 aliphatic rings. The standard InChI is InChI=1S/C28H25BrFN3O/c29-24-2-1-3-25-26(24)31-27(21-6-4-19(5-7-21)20-10-12-23(30)13-11-20)33(25)17-18-14-15-32(16-18)28(34)22-8-9-22/h1-7,10-13,18,22H,8-9,14-17H2/t18-/m1/s1. The van der Waals surface area contributed by atoms with Gasteiger partial charge in [0.2, 0.25) is 5.91 Å². The minimum absolute atomic E-state index is 0.232. The van der Waals surface area contributed by atoms with Gasteiger partial charge in [-0.05, 0) is 76.5 Å². The number of benzene rings is 3. The highest BCUT2D eigenvalue weighted by Crippen LogP contribution is 2.35. The van der Waals surface area contributed by atoms with E-state index in [0.717, 1.165) is 76.9 Å². The van der Waals surface area contributed by atoms with Gasteiger partial charge >= 0.3 is 0 Å². The van der Waals surface area contributed by atoms with Crippen LogP contribution in [-0.2, 0) is 11.3 Å². The smallest absolute Gasteiger partial charge is 0.225 e. The van der Waals surface area contributed by atoms with Crippen LogP contribution in [0.25, 0.3) is 33.5 Å². The number of imidazole rings is 1. The second-order valence-corrected chi connectivity index (χ2v) is 10.3. The first-order chi connectivity index (χ1) is 16.6. The second kappa shape index (κ2) is 8.66. The van der Waals surface area contributed by atoms with Crippen molar-refractivity contribution in [2.24, 2.45) is 11.8 Å². The number of fused-ring (bicyclic) bond motifs is 1. The summed E-state index contributed by atoms with van der Waals surface area (Å²) >= 11 is 3.67. The summed E-state index contributed by atoms with van der Waals surface area (Å²) in [5.41, 5.74) is 5.11. The summed E-state index contributed by atoms with van der Waals surface area (Å²) in [6.45, 7) is 2.51. The molecule has 34 heavy (non-hydrogen) atoms. The quantitative estimate of drug-likeness (QED) is 0.301. The molecule has 4 aromatic rings. The van der Waals surface area contributed by atoms with E-state index in [0.29, 0.717) is 11.8 Å². The van der Waals surface area contributed by atoms with Crippen molar-refractivity contribution in [2.75, 3.05) is 13.1 Å². The van der Waals surface area contributed by atoms with Crippen LogP contribution in [-0.4, -0.2) is 33.4 Å². The van der Waals surface area contributed by atoms with Crippen molar-refractivity contribution in [3.05, 3.63) is 77.0 Å².